The number of methoxy groups -OCH3 is 2. The lowest BCUT2D eigenvalue weighted by atomic mass is 9.78. The summed E-state index contributed by atoms with van der Waals surface area (Å²) in [5, 5.41) is 0. The number of hydrogen-bond acceptors (Lipinski definition) is 4. The molecule has 0 bridgehead atoms. The highest BCUT2D eigenvalue weighted by Crippen LogP contribution is 2.40. The van der Waals surface area contributed by atoms with Crippen LogP contribution in [0.1, 0.15) is 36.0 Å². The van der Waals surface area contributed by atoms with Crippen molar-refractivity contribution in [3.63, 3.8) is 0 Å². The van der Waals surface area contributed by atoms with Crippen LogP contribution in [0.25, 0.3) is 0 Å². The minimum atomic E-state index is -0.179. The topological polar surface area (TPSA) is 42.0 Å². The quantitative estimate of drug-likeness (QED) is 0.782. The Morgan fingerprint density at radius 1 is 1.12 bits per heavy atom. The molecule has 2 aliphatic rings. The summed E-state index contributed by atoms with van der Waals surface area (Å²) in [4.78, 5) is 17.5. The Labute approximate surface area is 157 Å². The van der Waals surface area contributed by atoms with E-state index in [4.69, 9.17) is 9.47 Å². The Bertz CT molecular complexity index is 661. The number of rotatable bonds is 6. The summed E-state index contributed by atoms with van der Waals surface area (Å²) in [6.45, 7) is 9.27. The molecule has 0 saturated carbocycles. The Morgan fingerprint density at radius 3 is 2.65 bits per heavy atom. The first kappa shape index (κ1) is 19.2. The maximum absolute atomic E-state index is 13.1. The van der Waals surface area contributed by atoms with Crippen molar-refractivity contribution in [1.82, 2.24) is 9.80 Å². The molecule has 3 rings (SSSR count). The van der Waals surface area contributed by atoms with Gasteiger partial charge >= 0.3 is 0 Å². The van der Waals surface area contributed by atoms with Crippen molar-refractivity contribution in [3.05, 3.63) is 28.8 Å². The summed E-state index contributed by atoms with van der Waals surface area (Å²) in [5.41, 5.74) is 3.65. The van der Waals surface area contributed by atoms with Crippen LogP contribution in [0.4, 0.5) is 0 Å². The number of carbonyl (C=O) groups is 1. The van der Waals surface area contributed by atoms with E-state index in [2.05, 4.69) is 30.9 Å². The van der Waals surface area contributed by atoms with E-state index in [0.29, 0.717) is 19.1 Å². The van der Waals surface area contributed by atoms with Crippen LogP contribution in [0.15, 0.2) is 12.1 Å². The number of hydrogen-bond donors (Lipinski definition) is 0. The van der Waals surface area contributed by atoms with Gasteiger partial charge in [0.1, 0.15) is 5.75 Å². The van der Waals surface area contributed by atoms with Crippen molar-refractivity contribution in [2.24, 2.45) is 5.41 Å². The predicted octanol–water partition coefficient (Wildman–Crippen LogP) is 2.77. The zero-order valence-electron chi connectivity index (χ0n) is 16.6. The molecule has 5 nitrogen and oxygen atoms in total. The fraction of sp³-hybridized carbons (Fsp3) is 0.667. The number of carbonyl (C=O) groups excluding carboxylic acids is 1. The number of piperidine rings is 1. The average Bonchev–Trinajstić information content (AvgIpc) is 3.04. The number of benzene rings is 1. The smallest absolute Gasteiger partial charge is 0.230 e. The normalized spacial score (nSPS) is 23.8. The second-order valence-corrected chi connectivity index (χ2v) is 7.81. The van der Waals surface area contributed by atoms with Gasteiger partial charge in [-0.15, -0.1) is 0 Å². The molecule has 144 valence electrons. The van der Waals surface area contributed by atoms with E-state index >= 15 is 0 Å². The molecule has 0 N–H and O–H groups in total. The fourth-order valence-electron chi connectivity index (χ4n) is 4.52. The molecule has 0 radical (unpaired) electrons. The monoisotopic (exact) mass is 360 g/mol. The van der Waals surface area contributed by atoms with Gasteiger partial charge in [-0.25, -0.2) is 0 Å². The highest BCUT2D eigenvalue weighted by atomic mass is 16.5. The fourth-order valence-corrected chi connectivity index (χ4v) is 4.52. The number of amides is 1. The minimum absolute atomic E-state index is 0.179. The van der Waals surface area contributed by atoms with E-state index in [0.717, 1.165) is 51.2 Å². The summed E-state index contributed by atoms with van der Waals surface area (Å²) in [5.74, 6) is 1.28. The van der Waals surface area contributed by atoms with E-state index in [9.17, 15) is 4.79 Å². The van der Waals surface area contributed by atoms with Crippen molar-refractivity contribution in [3.8, 4) is 5.75 Å². The lowest BCUT2D eigenvalue weighted by Crippen LogP contribution is -2.50. The van der Waals surface area contributed by atoms with Crippen molar-refractivity contribution < 1.29 is 14.3 Å². The molecular formula is C21H32N2O3. The second kappa shape index (κ2) is 7.97. The molecule has 2 heterocycles. The third kappa shape index (κ3) is 3.60. The zero-order chi connectivity index (χ0) is 18.7. The Morgan fingerprint density at radius 2 is 1.92 bits per heavy atom. The van der Waals surface area contributed by atoms with Gasteiger partial charge in [0.25, 0.3) is 0 Å². The lowest BCUT2D eigenvalue weighted by Gasteiger charge is -2.39. The molecule has 0 aromatic heterocycles. The third-order valence-corrected chi connectivity index (χ3v) is 6.29. The van der Waals surface area contributed by atoms with Crippen molar-refractivity contribution in [2.75, 3.05) is 47.0 Å². The average molecular weight is 360 g/mol. The first-order valence-electron chi connectivity index (χ1n) is 9.64. The van der Waals surface area contributed by atoms with Crippen LogP contribution in [0, 0.1) is 19.3 Å². The Kier molecular flexibility index (Phi) is 5.88. The number of ether oxygens (including phenoxy) is 2. The Balaban J connectivity index is 1.68. The highest BCUT2D eigenvalue weighted by Gasteiger charge is 2.48. The molecule has 2 aliphatic heterocycles. The first-order valence-corrected chi connectivity index (χ1v) is 9.64. The molecule has 2 fully saturated rings. The molecule has 1 aromatic carbocycles. The van der Waals surface area contributed by atoms with E-state index in [-0.39, 0.29) is 5.41 Å². The third-order valence-electron chi connectivity index (χ3n) is 6.29. The largest absolute Gasteiger partial charge is 0.496 e. The van der Waals surface area contributed by atoms with E-state index < -0.39 is 0 Å². The summed E-state index contributed by atoms with van der Waals surface area (Å²) in [6.07, 6.45) is 3.10. The molecule has 1 spiro atoms. The SMILES string of the molecule is COCCN1CCCC2(CCN(Cc3ccc(OC)c(C)c3C)C2)C1=O. The molecule has 1 unspecified atom stereocenters. The number of nitrogens with zero attached hydrogens (tertiary/aromatic N) is 2. The standard InChI is InChI=1S/C21H32N2O3/c1-16-17(2)19(26-4)7-6-18(16)14-22-11-9-21(15-22)8-5-10-23(20(21)24)12-13-25-3/h6-7H,5,8-15H2,1-4H3. The highest BCUT2D eigenvalue weighted by molar-refractivity contribution is 5.84. The van der Waals surface area contributed by atoms with Crippen LogP contribution in [-0.2, 0) is 16.1 Å². The van der Waals surface area contributed by atoms with Crippen LogP contribution in [0.3, 0.4) is 0 Å². The minimum Gasteiger partial charge on any atom is -0.496 e. The van der Waals surface area contributed by atoms with Gasteiger partial charge in [-0.3, -0.25) is 9.69 Å². The van der Waals surface area contributed by atoms with Crippen LogP contribution in [0.2, 0.25) is 0 Å². The van der Waals surface area contributed by atoms with Gasteiger partial charge in [0.05, 0.1) is 19.1 Å². The lowest BCUT2D eigenvalue weighted by molar-refractivity contribution is -0.146. The number of likely N-dealkylation sites (tertiary alicyclic amines) is 2. The maximum atomic E-state index is 13.1. The van der Waals surface area contributed by atoms with Crippen molar-refractivity contribution >= 4 is 5.91 Å². The summed E-state index contributed by atoms with van der Waals surface area (Å²) >= 11 is 0. The second-order valence-electron chi connectivity index (χ2n) is 7.81. The molecule has 5 heteroatoms. The van der Waals surface area contributed by atoms with Gasteiger partial charge in [0.15, 0.2) is 0 Å². The van der Waals surface area contributed by atoms with Gasteiger partial charge in [0.2, 0.25) is 5.91 Å². The van der Waals surface area contributed by atoms with Crippen LogP contribution in [0.5, 0.6) is 5.75 Å². The maximum Gasteiger partial charge on any atom is 0.230 e. The van der Waals surface area contributed by atoms with Gasteiger partial charge in [-0.05, 0) is 62.4 Å². The van der Waals surface area contributed by atoms with E-state index in [1.54, 1.807) is 14.2 Å². The predicted molar refractivity (Wildman–Crippen MR) is 102 cm³/mol. The summed E-state index contributed by atoms with van der Waals surface area (Å²) in [7, 11) is 3.41. The molecular weight excluding hydrogens is 328 g/mol. The van der Waals surface area contributed by atoms with Gasteiger partial charge in [-0.2, -0.15) is 0 Å². The Hall–Kier alpha value is -1.59. The van der Waals surface area contributed by atoms with E-state index in [1.807, 2.05) is 4.90 Å². The zero-order valence-corrected chi connectivity index (χ0v) is 16.6. The van der Waals surface area contributed by atoms with Crippen molar-refractivity contribution in [1.29, 1.82) is 0 Å². The summed E-state index contributed by atoms with van der Waals surface area (Å²) < 4.78 is 10.6. The van der Waals surface area contributed by atoms with E-state index in [1.165, 1.54) is 16.7 Å². The van der Waals surface area contributed by atoms with Crippen molar-refractivity contribution in [2.45, 2.75) is 39.7 Å². The van der Waals surface area contributed by atoms with Crippen LogP contribution in [-0.4, -0.2) is 62.7 Å². The molecule has 26 heavy (non-hydrogen) atoms. The van der Waals surface area contributed by atoms with Gasteiger partial charge in [-0.1, -0.05) is 6.07 Å². The molecule has 1 amide bonds. The van der Waals surface area contributed by atoms with Gasteiger partial charge in [0, 0.05) is 33.3 Å². The van der Waals surface area contributed by atoms with Gasteiger partial charge < -0.3 is 14.4 Å². The van der Waals surface area contributed by atoms with Crippen LogP contribution >= 0.6 is 0 Å². The summed E-state index contributed by atoms with van der Waals surface area (Å²) in [6, 6.07) is 4.22. The first-order chi connectivity index (χ1) is 12.5. The van der Waals surface area contributed by atoms with Crippen LogP contribution < -0.4 is 4.74 Å². The molecule has 1 atom stereocenters. The molecule has 2 saturated heterocycles. The molecule has 1 aromatic rings. The molecule has 0 aliphatic carbocycles.